The SMILES string of the molecule is COc1cccc([C@@H]2C[C@H]2CN)c1.Cl. The fourth-order valence-corrected chi connectivity index (χ4v) is 1.79. The van der Waals surface area contributed by atoms with Crippen molar-refractivity contribution in [3.63, 3.8) is 0 Å². The van der Waals surface area contributed by atoms with Crippen molar-refractivity contribution >= 4 is 12.4 Å². The zero-order valence-electron chi connectivity index (χ0n) is 8.27. The van der Waals surface area contributed by atoms with Crippen molar-refractivity contribution in [2.75, 3.05) is 13.7 Å². The minimum Gasteiger partial charge on any atom is -0.497 e. The van der Waals surface area contributed by atoms with Gasteiger partial charge in [-0.15, -0.1) is 12.4 Å². The van der Waals surface area contributed by atoms with Crippen LogP contribution in [0.25, 0.3) is 0 Å². The Morgan fingerprint density at radius 1 is 1.50 bits per heavy atom. The molecule has 0 spiro atoms. The zero-order valence-corrected chi connectivity index (χ0v) is 9.09. The van der Waals surface area contributed by atoms with Gasteiger partial charge in [-0.3, -0.25) is 0 Å². The lowest BCUT2D eigenvalue weighted by molar-refractivity contribution is 0.414. The van der Waals surface area contributed by atoms with E-state index in [1.807, 2.05) is 12.1 Å². The maximum atomic E-state index is 5.60. The maximum absolute atomic E-state index is 5.60. The van der Waals surface area contributed by atoms with Gasteiger partial charge < -0.3 is 10.5 Å². The summed E-state index contributed by atoms with van der Waals surface area (Å²) in [4.78, 5) is 0. The van der Waals surface area contributed by atoms with Crippen LogP contribution in [-0.4, -0.2) is 13.7 Å². The van der Waals surface area contributed by atoms with Gasteiger partial charge >= 0.3 is 0 Å². The third-order valence-corrected chi connectivity index (χ3v) is 2.75. The van der Waals surface area contributed by atoms with Crippen molar-refractivity contribution < 1.29 is 4.74 Å². The molecule has 14 heavy (non-hydrogen) atoms. The molecule has 2 atom stereocenters. The fraction of sp³-hybridized carbons (Fsp3) is 0.455. The number of rotatable bonds is 3. The van der Waals surface area contributed by atoms with Crippen LogP contribution >= 0.6 is 12.4 Å². The van der Waals surface area contributed by atoms with Crippen molar-refractivity contribution in [3.8, 4) is 5.75 Å². The van der Waals surface area contributed by atoms with Crippen LogP contribution in [0, 0.1) is 5.92 Å². The summed E-state index contributed by atoms with van der Waals surface area (Å²) in [5, 5.41) is 0. The number of hydrogen-bond acceptors (Lipinski definition) is 2. The third kappa shape index (κ3) is 2.20. The largest absolute Gasteiger partial charge is 0.497 e. The van der Waals surface area contributed by atoms with Gasteiger partial charge in [0.25, 0.3) is 0 Å². The highest BCUT2D eigenvalue weighted by Gasteiger charge is 2.36. The topological polar surface area (TPSA) is 35.2 Å². The Morgan fingerprint density at radius 3 is 2.86 bits per heavy atom. The quantitative estimate of drug-likeness (QED) is 0.836. The molecule has 0 unspecified atom stereocenters. The first-order chi connectivity index (χ1) is 6.35. The number of benzene rings is 1. The molecule has 2 nitrogen and oxygen atoms in total. The first kappa shape index (κ1) is 11.3. The average molecular weight is 214 g/mol. The van der Waals surface area contributed by atoms with Crippen molar-refractivity contribution in [2.24, 2.45) is 11.7 Å². The fourth-order valence-electron chi connectivity index (χ4n) is 1.79. The first-order valence-corrected chi connectivity index (χ1v) is 4.69. The summed E-state index contributed by atoms with van der Waals surface area (Å²) < 4.78 is 5.17. The van der Waals surface area contributed by atoms with Crippen LogP contribution in [0.4, 0.5) is 0 Å². The second kappa shape index (κ2) is 4.67. The summed E-state index contributed by atoms with van der Waals surface area (Å²) in [5.41, 5.74) is 6.97. The van der Waals surface area contributed by atoms with Crippen LogP contribution in [0.5, 0.6) is 5.75 Å². The summed E-state index contributed by atoms with van der Waals surface area (Å²) in [6, 6.07) is 8.28. The lowest BCUT2D eigenvalue weighted by atomic mass is 10.1. The van der Waals surface area contributed by atoms with E-state index in [1.54, 1.807) is 7.11 Å². The van der Waals surface area contributed by atoms with Gasteiger partial charge in [0.05, 0.1) is 7.11 Å². The molecule has 1 fully saturated rings. The van der Waals surface area contributed by atoms with E-state index in [-0.39, 0.29) is 12.4 Å². The summed E-state index contributed by atoms with van der Waals surface area (Å²) in [5.74, 6) is 2.33. The van der Waals surface area contributed by atoms with Crippen molar-refractivity contribution in [2.45, 2.75) is 12.3 Å². The minimum absolute atomic E-state index is 0. The average Bonchev–Trinajstić information content (AvgIpc) is 2.97. The van der Waals surface area contributed by atoms with Crippen molar-refractivity contribution in [1.29, 1.82) is 0 Å². The molecular weight excluding hydrogens is 198 g/mol. The maximum Gasteiger partial charge on any atom is 0.119 e. The molecule has 1 saturated carbocycles. The Hall–Kier alpha value is -0.730. The molecule has 0 aromatic heterocycles. The van der Waals surface area contributed by atoms with Gasteiger partial charge in [0.15, 0.2) is 0 Å². The summed E-state index contributed by atoms with van der Waals surface area (Å²) in [7, 11) is 1.70. The number of halogens is 1. The summed E-state index contributed by atoms with van der Waals surface area (Å²) in [6.45, 7) is 0.807. The molecule has 0 heterocycles. The molecule has 1 aromatic carbocycles. The Kier molecular flexibility index (Phi) is 3.78. The predicted molar refractivity (Wildman–Crippen MR) is 60.1 cm³/mol. The number of ether oxygens (including phenoxy) is 1. The van der Waals surface area contributed by atoms with Gasteiger partial charge in [0, 0.05) is 0 Å². The Labute approximate surface area is 90.9 Å². The van der Waals surface area contributed by atoms with Crippen molar-refractivity contribution in [1.82, 2.24) is 0 Å². The van der Waals surface area contributed by atoms with E-state index >= 15 is 0 Å². The number of hydrogen-bond donors (Lipinski definition) is 1. The van der Waals surface area contributed by atoms with Gasteiger partial charge in [-0.2, -0.15) is 0 Å². The summed E-state index contributed by atoms with van der Waals surface area (Å²) >= 11 is 0. The normalized spacial score (nSPS) is 23.9. The predicted octanol–water partition coefficient (Wildman–Crippen LogP) is 2.18. The van der Waals surface area contributed by atoms with Gasteiger partial charge in [-0.1, -0.05) is 12.1 Å². The van der Waals surface area contributed by atoms with Gasteiger partial charge in [0.1, 0.15) is 5.75 Å². The molecule has 3 heteroatoms. The van der Waals surface area contributed by atoms with E-state index in [0.717, 1.165) is 12.3 Å². The molecule has 1 aliphatic carbocycles. The highest BCUT2D eigenvalue weighted by molar-refractivity contribution is 5.85. The molecule has 1 aliphatic rings. The Balaban J connectivity index is 0.000000980. The van der Waals surface area contributed by atoms with Crippen LogP contribution in [0.3, 0.4) is 0 Å². The lowest BCUT2D eigenvalue weighted by Gasteiger charge is -2.02. The molecule has 0 amide bonds. The third-order valence-electron chi connectivity index (χ3n) is 2.75. The lowest BCUT2D eigenvalue weighted by Crippen LogP contribution is -2.01. The van der Waals surface area contributed by atoms with Crippen LogP contribution in [0.2, 0.25) is 0 Å². The van der Waals surface area contributed by atoms with Crippen molar-refractivity contribution in [3.05, 3.63) is 29.8 Å². The monoisotopic (exact) mass is 213 g/mol. The second-order valence-corrected chi connectivity index (χ2v) is 3.61. The number of methoxy groups -OCH3 is 1. The minimum atomic E-state index is 0. The molecule has 0 aliphatic heterocycles. The van der Waals surface area contributed by atoms with Gasteiger partial charge in [-0.05, 0) is 42.5 Å². The van der Waals surface area contributed by atoms with E-state index in [9.17, 15) is 0 Å². The summed E-state index contributed by atoms with van der Waals surface area (Å²) in [6.07, 6.45) is 1.24. The molecule has 0 saturated heterocycles. The molecule has 0 radical (unpaired) electrons. The van der Waals surface area contributed by atoms with Gasteiger partial charge in [-0.25, -0.2) is 0 Å². The first-order valence-electron chi connectivity index (χ1n) is 4.69. The van der Waals surface area contributed by atoms with E-state index < -0.39 is 0 Å². The number of nitrogens with two attached hydrogens (primary N) is 1. The smallest absolute Gasteiger partial charge is 0.119 e. The zero-order chi connectivity index (χ0) is 9.26. The second-order valence-electron chi connectivity index (χ2n) is 3.61. The van der Waals surface area contributed by atoms with E-state index in [4.69, 9.17) is 10.5 Å². The Bertz CT molecular complexity index is 303. The van der Waals surface area contributed by atoms with E-state index in [0.29, 0.717) is 11.8 Å². The van der Waals surface area contributed by atoms with Crippen LogP contribution in [0.15, 0.2) is 24.3 Å². The standard InChI is InChI=1S/C11H15NO.ClH/c1-13-10-4-2-3-8(5-10)11-6-9(11)7-12;/h2-5,9,11H,6-7,12H2,1H3;1H/t9-,11-;/m0./s1. The van der Waals surface area contributed by atoms with Gasteiger partial charge in [0.2, 0.25) is 0 Å². The molecule has 1 aromatic rings. The highest BCUT2D eigenvalue weighted by atomic mass is 35.5. The van der Waals surface area contributed by atoms with E-state index in [1.165, 1.54) is 12.0 Å². The van der Waals surface area contributed by atoms with Crippen LogP contribution in [-0.2, 0) is 0 Å². The molecular formula is C11H16ClNO. The molecule has 2 rings (SSSR count). The van der Waals surface area contributed by atoms with E-state index in [2.05, 4.69) is 12.1 Å². The molecule has 78 valence electrons. The molecule has 0 bridgehead atoms. The molecule has 2 N–H and O–H groups in total. The Morgan fingerprint density at radius 2 is 2.29 bits per heavy atom. The highest BCUT2D eigenvalue weighted by Crippen LogP contribution is 2.47. The van der Waals surface area contributed by atoms with Crippen LogP contribution in [0.1, 0.15) is 17.9 Å². The van der Waals surface area contributed by atoms with Crippen LogP contribution < -0.4 is 10.5 Å².